The number of anilines is 2. The molecule has 1 N–H and O–H groups in total. The Hall–Kier alpha value is -2.53. The summed E-state index contributed by atoms with van der Waals surface area (Å²) < 4.78 is 5.55. The summed E-state index contributed by atoms with van der Waals surface area (Å²) in [5.74, 6) is 0.101. The van der Waals surface area contributed by atoms with Gasteiger partial charge in [-0.25, -0.2) is 4.90 Å². The van der Waals surface area contributed by atoms with E-state index in [0.717, 1.165) is 0 Å². The van der Waals surface area contributed by atoms with E-state index >= 15 is 0 Å². The van der Waals surface area contributed by atoms with E-state index in [1.54, 1.807) is 24.3 Å². The van der Waals surface area contributed by atoms with Crippen molar-refractivity contribution in [1.29, 1.82) is 0 Å². The van der Waals surface area contributed by atoms with E-state index in [-0.39, 0.29) is 18.2 Å². The molecule has 2 amide bonds. The topological polar surface area (TPSA) is 58.6 Å². The number of hydrogen-bond donors (Lipinski definition) is 1. The molecule has 0 aromatic heterocycles. The molecule has 1 aliphatic rings. The lowest BCUT2D eigenvalue weighted by Gasteiger charge is -2.17. The average Bonchev–Trinajstić information content (AvgIpc) is 2.83. The van der Waals surface area contributed by atoms with Crippen LogP contribution in [0.25, 0.3) is 0 Å². The molecule has 2 aromatic rings. The number of imide groups is 1. The fourth-order valence-electron chi connectivity index (χ4n) is 2.69. The van der Waals surface area contributed by atoms with Gasteiger partial charge >= 0.3 is 0 Å². The Morgan fingerprint density at radius 2 is 2.00 bits per heavy atom. The molecule has 0 radical (unpaired) electrons. The largest absolute Gasteiger partial charge is 0.492 e. The quantitative estimate of drug-likeness (QED) is 0.844. The van der Waals surface area contributed by atoms with Gasteiger partial charge in [0.15, 0.2) is 0 Å². The van der Waals surface area contributed by atoms with Crippen LogP contribution < -0.4 is 15.0 Å². The molecule has 24 heavy (non-hydrogen) atoms. The third kappa shape index (κ3) is 3.21. The van der Waals surface area contributed by atoms with Gasteiger partial charge in [0.05, 0.1) is 24.4 Å². The van der Waals surface area contributed by atoms with Gasteiger partial charge in [-0.3, -0.25) is 9.59 Å². The summed E-state index contributed by atoms with van der Waals surface area (Å²) in [5, 5.41) is 3.60. The number of para-hydroxylation sites is 2. The van der Waals surface area contributed by atoms with Crippen molar-refractivity contribution in [3.63, 3.8) is 0 Å². The zero-order valence-corrected chi connectivity index (χ0v) is 13.9. The van der Waals surface area contributed by atoms with Crippen molar-refractivity contribution >= 4 is 34.8 Å². The highest BCUT2D eigenvalue weighted by molar-refractivity contribution is 6.31. The van der Waals surface area contributed by atoms with Crippen molar-refractivity contribution in [2.75, 3.05) is 16.8 Å². The Morgan fingerprint density at radius 1 is 1.21 bits per heavy atom. The molecule has 6 heteroatoms. The molecule has 124 valence electrons. The van der Waals surface area contributed by atoms with Crippen LogP contribution in [0.2, 0.25) is 5.02 Å². The predicted molar refractivity (Wildman–Crippen MR) is 93.6 cm³/mol. The zero-order chi connectivity index (χ0) is 17.1. The van der Waals surface area contributed by atoms with Crippen LogP contribution in [0.3, 0.4) is 0 Å². The lowest BCUT2D eigenvalue weighted by molar-refractivity contribution is -0.121. The first kappa shape index (κ1) is 16.3. The number of amides is 2. The van der Waals surface area contributed by atoms with Gasteiger partial charge in [0.25, 0.3) is 5.91 Å². The second-order valence-corrected chi connectivity index (χ2v) is 5.81. The van der Waals surface area contributed by atoms with Crippen molar-refractivity contribution in [2.45, 2.75) is 19.4 Å². The van der Waals surface area contributed by atoms with Gasteiger partial charge in [-0.2, -0.15) is 0 Å². The molecule has 1 atom stereocenters. The van der Waals surface area contributed by atoms with Crippen molar-refractivity contribution in [2.24, 2.45) is 0 Å². The normalized spacial score (nSPS) is 17.2. The molecule has 3 rings (SSSR count). The van der Waals surface area contributed by atoms with E-state index in [0.29, 0.717) is 28.8 Å². The first-order valence-corrected chi connectivity index (χ1v) is 8.08. The van der Waals surface area contributed by atoms with Crippen molar-refractivity contribution in [1.82, 2.24) is 0 Å². The minimum atomic E-state index is -0.627. The van der Waals surface area contributed by atoms with Gasteiger partial charge in [0.2, 0.25) is 5.91 Å². The van der Waals surface area contributed by atoms with Gasteiger partial charge in [-0.15, -0.1) is 0 Å². The summed E-state index contributed by atoms with van der Waals surface area (Å²) in [6.07, 6.45) is 0.0891. The predicted octanol–water partition coefficient (Wildman–Crippen LogP) is 3.48. The molecule has 2 aromatic carbocycles. The second-order valence-electron chi connectivity index (χ2n) is 5.38. The van der Waals surface area contributed by atoms with Crippen LogP contribution in [-0.2, 0) is 9.59 Å². The van der Waals surface area contributed by atoms with Gasteiger partial charge < -0.3 is 10.1 Å². The average molecular weight is 345 g/mol. The number of carbonyl (C=O) groups excluding carboxylic acids is 2. The van der Waals surface area contributed by atoms with Crippen LogP contribution in [-0.4, -0.2) is 24.5 Å². The van der Waals surface area contributed by atoms with Crippen LogP contribution in [0.15, 0.2) is 48.5 Å². The lowest BCUT2D eigenvalue weighted by Crippen LogP contribution is -2.34. The second kappa shape index (κ2) is 6.93. The van der Waals surface area contributed by atoms with Crippen molar-refractivity contribution in [3.05, 3.63) is 53.6 Å². The van der Waals surface area contributed by atoms with E-state index in [9.17, 15) is 9.59 Å². The molecular weight excluding hydrogens is 328 g/mol. The Labute approximate surface area is 145 Å². The SMILES string of the molecule is CCOc1ccccc1N[C@@H]1CC(=O)N(c2cccc(Cl)c2)C1=O. The monoisotopic (exact) mass is 344 g/mol. The number of nitrogens with one attached hydrogen (secondary N) is 1. The highest BCUT2D eigenvalue weighted by Gasteiger charge is 2.39. The molecule has 0 unspecified atom stereocenters. The molecule has 1 saturated heterocycles. The van der Waals surface area contributed by atoms with Gasteiger partial charge in [0, 0.05) is 5.02 Å². The maximum absolute atomic E-state index is 12.7. The fraction of sp³-hybridized carbons (Fsp3) is 0.222. The number of hydrogen-bond acceptors (Lipinski definition) is 4. The molecule has 1 heterocycles. The Morgan fingerprint density at radius 3 is 2.75 bits per heavy atom. The van der Waals surface area contributed by atoms with E-state index in [2.05, 4.69) is 5.32 Å². The van der Waals surface area contributed by atoms with Crippen LogP contribution in [0.4, 0.5) is 11.4 Å². The van der Waals surface area contributed by atoms with E-state index in [4.69, 9.17) is 16.3 Å². The lowest BCUT2D eigenvalue weighted by atomic mass is 10.2. The smallest absolute Gasteiger partial charge is 0.256 e. The number of ether oxygens (including phenoxy) is 1. The van der Waals surface area contributed by atoms with Crippen molar-refractivity contribution in [3.8, 4) is 5.75 Å². The Balaban J connectivity index is 1.82. The van der Waals surface area contributed by atoms with Crippen molar-refractivity contribution < 1.29 is 14.3 Å². The maximum Gasteiger partial charge on any atom is 0.256 e. The number of benzene rings is 2. The summed E-state index contributed by atoms with van der Waals surface area (Å²) in [7, 11) is 0. The van der Waals surface area contributed by atoms with Crippen LogP contribution in [0.1, 0.15) is 13.3 Å². The summed E-state index contributed by atoms with van der Waals surface area (Å²) >= 11 is 5.96. The Kier molecular flexibility index (Phi) is 4.71. The Bertz CT molecular complexity index is 778. The maximum atomic E-state index is 12.7. The van der Waals surface area contributed by atoms with E-state index < -0.39 is 6.04 Å². The summed E-state index contributed by atoms with van der Waals surface area (Å²) in [5.41, 5.74) is 1.18. The number of carbonyl (C=O) groups is 2. The van der Waals surface area contributed by atoms with Gasteiger partial charge in [-0.1, -0.05) is 29.8 Å². The molecule has 1 aliphatic heterocycles. The summed E-state index contributed by atoms with van der Waals surface area (Å²) in [6, 6.07) is 13.4. The van der Waals surface area contributed by atoms with Crippen LogP contribution in [0.5, 0.6) is 5.75 Å². The molecule has 5 nitrogen and oxygen atoms in total. The third-order valence-corrected chi connectivity index (χ3v) is 3.96. The highest BCUT2D eigenvalue weighted by atomic mass is 35.5. The standard InChI is InChI=1S/C18H17ClN2O3/c1-2-24-16-9-4-3-8-14(16)20-15-11-17(22)21(18(15)23)13-7-5-6-12(19)10-13/h3-10,15,20H,2,11H2,1H3/t15-/m1/s1. The first-order valence-electron chi connectivity index (χ1n) is 7.71. The minimum absolute atomic E-state index is 0.0891. The molecular formula is C18H17ClN2O3. The van der Waals surface area contributed by atoms with Gasteiger partial charge in [-0.05, 0) is 37.3 Å². The molecule has 1 fully saturated rings. The van der Waals surface area contributed by atoms with Crippen LogP contribution in [0, 0.1) is 0 Å². The van der Waals surface area contributed by atoms with Crippen LogP contribution >= 0.6 is 11.6 Å². The minimum Gasteiger partial charge on any atom is -0.492 e. The fourth-order valence-corrected chi connectivity index (χ4v) is 2.87. The van der Waals surface area contributed by atoms with Gasteiger partial charge in [0.1, 0.15) is 11.8 Å². The first-order chi connectivity index (χ1) is 11.6. The third-order valence-electron chi connectivity index (χ3n) is 3.73. The van der Waals surface area contributed by atoms with E-state index in [1.165, 1.54) is 4.90 Å². The molecule has 0 spiro atoms. The van der Waals surface area contributed by atoms with E-state index in [1.807, 2.05) is 31.2 Å². The summed E-state index contributed by atoms with van der Waals surface area (Å²) in [4.78, 5) is 26.1. The molecule has 0 aliphatic carbocycles. The zero-order valence-electron chi connectivity index (χ0n) is 13.2. The number of halogens is 1. The number of nitrogens with zero attached hydrogens (tertiary/aromatic N) is 1. The molecule has 0 saturated carbocycles. The number of rotatable bonds is 5. The molecule has 0 bridgehead atoms. The highest BCUT2D eigenvalue weighted by Crippen LogP contribution is 2.30. The summed E-state index contributed by atoms with van der Waals surface area (Å²) in [6.45, 7) is 2.41.